The third-order valence-electron chi connectivity index (χ3n) is 5.53. The number of amides is 1. The van der Waals surface area contributed by atoms with Crippen molar-refractivity contribution in [1.29, 1.82) is 5.26 Å². The van der Waals surface area contributed by atoms with E-state index in [2.05, 4.69) is 26.2 Å². The predicted molar refractivity (Wildman–Crippen MR) is 140 cm³/mol. The first kappa shape index (κ1) is 24.7. The summed E-state index contributed by atoms with van der Waals surface area (Å²) in [5, 5.41) is 24.2. The van der Waals surface area contributed by atoms with E-state index in [4.69, 9.17) is 4.74 Å². The van der Waals surface area contributed by atoms with Gasteiger partial charge in [0.15, 0.2) is 0 Å². The van der Waals surface area contributed by atoms with Crippen molar-refractivity contribution < 1.29 is 14.5 Å². The molecule has 0 saturated heterocycles. The molecule has 8 nitrogen and oxygen atoms in total. The number of nitro benzene ring substituents is 1. The minimum Gasteiger partial charge on any atom is -0.488 e. The van der Waals surface area contributed by atoms with Crippen molar-refractivity contribution in [1.82, 2.24) is 10.3 Å². The maximum atomic E-state index is 12.6. The van der Waals surface area contributed by atoms with Crippen LogP contribution in [0.2, 0.25) is 0 Å². The van der Waals surface area contributed by atoms with E-state index < -0.39 is 10.8 Å². The predicted octanol–water partition coefficient (Wildman–Crippen LogP) is 5.68. The number of nitrogens with one attached hydrogen (secondary N) is 2. The Labute approximate surface area is 215 Å². The number of ether oxygens (including phenoxy) is 1. The van der Waals surface area contributed by atoms with Gasteiger partial charge >= 0.3 is 0 Å². The normalized spacial score (nSPS) is 11.2. The average Bonchev–Trinajstić information content (AvgIpc) is 3.30. The van der Waals surface area contributed by atoms with Crippen LogP contribution < -0.4 is 10.1 Å². The molecule has 0 aliphatic carbocycles. The average molecular weight is 545 g/mol. The largest absolute Gasteiger partial charge is 0.488 e. The number of para-hydroxylation sites is 1. The van der Waals surface area contributed by atoms with E-state index in [9.17, 15) is 20.2 Å². The fourth-order valence-corrected chi connectivity index (χ4v) is 4.17. The second-order valence-electron chi connectivity index (χ2n) is 7.94. The van der Waals surface area contributed by atoms with E-state index >= 15 is 0 Å². The van der Waals surface area contributed by atoms with Crippen LogP contribution in [0, 0.1) is 21.4 Å². The molecular weight excluding hydrogens is 524 g/mol. The summed E-state index contributed by atoms with van der Waals surface area (Å²) in [6.07, 6.45) is 4.09. The highest BCUT2D eigenvalue weighted by Gasteiger charge is 2.11. The summed E-state index contributed by atoms with van der Waals surface area (Å²) in [6, 6.07) is 21.3. The van der Waals surface area contributed by atoms with Gasteiger partial charge in [0.1, 0.15) is 24.0 Å². The molecule has 2 N–H and O–H groups in total. The second-order valence-corrected chi connectivity index (χ2v) is 8.79. The Hall–Kier alpha value is -4.42. The molecule has 1 aromatic heterocycles. The summed E-state index contributed by atoms with van der Waals surface area (Å²) in [5.74, 6) is 0.124. The third kappa shape index (κ3) is 5.98. The quantitative estimate of drug-likeness (QED) is 0.121. The molecule has 1 amide bonds. The number of non-ortho nitro benzene ring substituents is 1. The monoisotopic (exact) mass is 544 g/mol. The Morgan fingerprint density at radius 3 is 2.67 bits per heavy atom. The number of benzene rings is 3. The van der Waals surface area contributed by atoms with Crippen LogP contribution in [0.1, 0.15) is 16.7 Å². The molecular formula is C27H21BrN4O4. The maximum Gasteiger partial charge on any atom is 0.269 e. The standard InChI is InChI=1S/C27H21BrN4O4/c28-24-14-19(7-10-26(24)36-17-18-5-8-22(9-6-18)32(34)35)13-21(15-29)27(33)30-12-11-20-16-31-25-4-2-1-3-23(20)25/h1-10,13-14,16,31H,11-12,17H2,(H,30,33). The van der Waals surface area contributed by atoms with Gasteiger partial charge in [-0.1, -0.05) is 24.3 Å². The van der Waals surface area contributed by atoms with Crippen LogP contribution in [-0.4, -0.2) is 22.4 Å². The molecule has 1 heterocycles. The van der Waals surface area contributed by atoms with Gasteiger partial charge in [0.2, 0.25) is 0 Å². The summed E-state index contributed by atoms with van der Waals surface area (Å²) < 4.78 is 6.44. The van der Waals surface area contributed by atoms with Crippen molar-refractivity contribution in [2.75, 3.05) is 6.54 Å². The molecule has 9 heteroatoms. The molecule has 4 aromatic rings. The number of nitriles is 1. The SMILES string of the molecule is N#CC(=Cc1ccc(OCc2ccc([N+](=O)[O-])cc2)c(Br)c1)C(=O)NCCc1c[nH]c2ccccc12. The number of halogens is 1. The molecule has 0 atom stereocenters. The molecule has 180 valence electrons. The van der Waals surface area contributed by atoms with Gasteiger partial charge in [-0.2, -0.15) is 5.26 Å². The molecule has 4 rings (SSSR count). The number of carbonyl (C=O) groups excluding carboxylic acids is 1. The zero-order valence-electron chi connectivity index (χ0n) is 19.0. The Balaban J connectivity index is 1.35. The zero-order chi connectivity index (χ0) is 25.5. The van der Waals surface area contributed by atoms with Crippen LogP contribution >= 0.6 is 15.9 Å². The van der Waals surface area contributed by atoms with Crippen molar-refractivity contribution in [3.8, 4) is 11.8 Å². The van der Waals surface area contributed by atoms with Crippen molar-refractivity contribution in [2.24, 2.45) is 0 Å². The fraction of sp³-hybridized carbons (Fsp3) is 0.111. The van der Waals surface area contributed by atoms with Crippen molar-refractivity contribution in [2.45, 2.75) is 13.0 Å². The number of fused-ring (bicyclic) bond motifs is 1. The molecule has 0 saturated carbocycles. The van der Waals surface area contributed by atoms with Crippen molar-refractivity contribution in [3.63, 3.8) is 0 Å². The number of rotatable bonds is 9. The van der Waals surface area contributed by atoms with Gasteiger partial charge in [-0.3, -0.25) is 14.9 Å². The minimum absolute atomic E-state index is 0.000347. The third-order valence-corrected chi connectivity index (χ3v) is 6.15. The smallest absolute Gasteiger partial charge is 0.269 e. The van der Waals surface area contributed by atoms with Crippen LogP contribution in [0.4, 0.5) is 5.69 Å². The van der Waals surface area contributed by atoms with Gasteiger partial charge in [-0.05, 0) is 75.4 Å². The number of H-pyrrole nitrogens is 1. The number of aromatic nitrogens is 1. The Morgan fingerprint density at radius 2 is 1.94 bits per heavy atom. The van der Waals surface area contributed by atoms with E-state index in [0.29, 0.717) is 28.8 Å². The first-order valence-corrected chi connectivity index (χ1v) is 11.8. The van der Waals surface area contributed by atoms with Crippen molar-refractivity contribution in [3.05, 3.63) is 110 Å². The number of carbonyl (C=O) groups is 1. The lowest BCUT2D eigenvalue weighted by Crippen LogP contribution is -2.26. The zero-order valence-corrected chi connectivity index (χ0v) is 20.6. The van der Waals surface area contributed by atoms with Gasteiger partial charge in [-0.15, -0.1) is 0 Å². The lowest BCUT2D eigenvalue weighted by atomic mass is 10.1. The molecule has 0 fully saturated rings. The summed E-state index contributed by atoms with van der Waals surface area (Å²) in [6.45, 7) is 0.632. The van der Waals surface area contributed by atoms with Gasteiger partial charge in [-0.25, -0.2) is 0 Å². The summed E-state index contributed by atoms with van der Waals surface area (Å²) >= 11 is 3.45. The molecule has 0 aliphatic rings. The number of nitro groups is 1. The molecule has 0 radical (unpaired) electrons. The van der Waals surface area contributed by atoms with E-state index in [1.54, 1.807) is 30.3 Å². The number of aromatic amines is 1. The molecule has 0 unspecified atom stereocenters. The Bertz CT molecular complexity index is 1490. The first-order chi connectivity index (χ1) is 17.4. The highest BCUT2D eigenvalue weighted by Crippen LogP contribution is 2.28. The van der Waals surface area contributed by atoms with Crippen molar-refractivity contribution >= 4 is 44.5 Å². The van der Waals surface area contributed by atoms with Gasteiger partial charge in [0.05, 0.1) is 9.40 Å². The topological polar surface area (TPSA) is 121 Å². The van der Waals surface area contributed by atoms with E-state index in [-0.39, 0.29) is 17.9 Å². The van der Waals surface area contributed by atoms with Gasteiger partial charge in [0.25, 0.3) is 11.6 Å². The highest BCUT2D eigenvalue weighted by molar-refractivity contribution is 9.10. The lowest BCUT2D eigenvalue weighted by molar-refractivity contribution is -0.384. The molecule has 0 spiro atoms. The second kappa shape index (κ2) is 11.3. The van der Waals surface area contributed by atoms with E-state index in [1.807, 2.05) is 36.5 Å². The number of hydrogen-bond acceptors (Lipinski definition) is 5. The molecule has 0 bridgehead atoms. The minimum atomic E-state index is -0.451. The van der Waals surface area contributed by atoms with Crippen LogP contribution in [0.3, 0.4) is 0 Å². The molecule has 36 heavy (non-hydrogen) atoms. The summed E-state index contributed by atoms with van der Waals surface area (Å²) in [4.78, 5) is 26.1. The van der Waals surface area contributed by atoms with Crippen LogP contribution in [-0.2, 0) is 17.8 Å². The van der Waals surface area contributed by atoms with Gasteiger partial charge < -0.3 is 15.0 Å². The summed E-state index contributed by atoms with van der Waals surface area (Å²) in [5.41, 5.74) is 3.61. The van der Waals surface area contributed by atoms with E-state index in [0.717, 1.165) is 22.0 Å². The highest BCUT2D eigenvalue weighted by atomic mass is 79.9. The Morgan fingerprint density at radius 1 is 1.17 bits per heavy atom. The first-order valence-electron chi connectivity index (χ1n) is 11.1. The Kier molecular flexibility index (Phi) is 7.78. The number of hydrogen-bond donors (Lipinski definition) is 2. The summed E-state index contributed by atoms with van der Waals surface area (Å²) in [7, 11) is 0. The van der Waals surface area contributed by atoms with Crippen LogP contribution in [0.25, 0.3) is 17.0 Å². The van der Waals surface area contributed by atoms with Crippen LogP contribution in [0.5, 0.6) is 5.75 Å². The maximum absolute atomic E-state index is 12.6. The lowest BCUT2D eigenvalue weighted by Gasteiger charge is -2.09. The van der Waals surface area contributed by atoms with E-state index in [1.165, 1.54) is 18.2 Å². The fourth-order valence-electron chi connectivity index (χ4n) is 3.66. The molecule has 0 aliphatic heterocycles. The van der Waals surface area contributed by atoms with Gasteiger partial charge in [0, 0.05) is 35.8 Å². The number of nitrogens with zero attached hydrogens (tertiary/aromatic N) is 2. The molecule has 3 aromatic carbocycles. The van der Waals surface area contributed by atoms with Crippen LogP contribution in [0.15, 0.2) is 83.0 Å².